The zero-order valence-electron chi connectivity index (χ0n) is 9.55. The fourth-order valence-electron chi connectivity index (χ4n) is 1.14. The SMILES string of the molecule is COCC(=O)NCCCCNCCCN. The Morgan fingerprint density at radius 1 is 1.20 bits per heavy atom. The van der Waals surface area contributed by atoms with Gasteiger partial charge in [-0.3, -0.25) is 4.79 Å². The van der Waals surface area contributed by atoms with Crippen molar-refractivity contribution in [2.45, 2.75) is 19.3 Å². The average molecular weight is 217 g/mol. The third kappa shape index (κ3) is 11.3. The number of nitrogens with two attached hydrogens (primary N) is 1. The lowest BCUT2D eigenvalue weighted by atomic mass is 10.3. The van der Waals surface area contributed by atoms with Gasteiger partial charge in [-0.05, 0) is 38.9 Å². The van der Waals surface area contributed by atoms with E-state index in [1.165, 1.54) is 7.11 Å². The Labute approximate surface area is 91.7 Å². The molecule has 0 atom stereocenters. The third-order valence-corrected chi connectivity index (χ3v) is 1.94. The number of hydrogen-bond donors (Lipinski definition) is 3. The lowest BCUT2D eigenvalue weighted by Gasteiger charge is -2.05. The highest BCUT2D eigenvalue weighted by atomic mass is 16.5. The van der Waals surface area contributed by atoms with Crippen LogP contribution < -0.4 is 16.4 Å². The van der Waals surface area contributed by atoms with E-state index in [2.05, 4.69) is 15.4 Å². The van der Waals surface area contributed by atoms with Gasteiger partial charge < -0.3 is 21.1 Å². The van der Waals surface area contributed by atoms with E-state index in [1.54, 1.807) is 0 Å². The van der Waals surface area contributed by atoms with Gasteiger partial charge in [0, 0.05) is 13.7 Å². The molecule has 1 amide bonds. The van der Waals surface area contributed by atoms with Crippen LogP contribution in [0, 0.1) is 0 Å². The number of unbranched alkanes of at least 4 members (excludes halogenated alkanes) is 1. The van der Waals surface area contributed by atoms with Crippen molar-refractivity contribution in [3.05, 3.63) is 0 Å². The molecule has 0 saturated heterocycles. The first-order chi connectivity index (χ1) is 7.31. The van der Waals surface area contributed by atoms with Gasteiger partial charge in [0.2, 0.25) is 5.91 Å². The minimum Gasteiger partial charge on any atom is -0.375 e. The molecule has 0 aromatic rings. The summed E-state index contributed by atoms with van der Waals surface area (Å²) in [6.07, 6.45) is 3.08. The van der Waals surface area contributed by atoms with Crippen molar-refractivity contribution >= 4 is 5.91 Å². The van der Waals surface area contributed by atoms with E-state index >= 15 is 0 Å². The van der Waals surface area contributed by atoms with Gasteiger partial charge in [-0.25, -0.2) is 0 Å². The van der Waals surface area contributed by atoms with Gasteiger partial charge in [-0.1, -0.05) is 0 Å². The van der Waals surface area contributed by atoms with Gasteiger partial charge in [0.05, 0.1) is 0 Å². The minimum atomic E-state index is -0.0476. The molecule has 0 fully saturated rings. The van der Waals surface area contributed by atoms with Crippen molar-refractivity contribution in [3.63, 3.8) is 0 Å². The first kappa shape index (κ1) is 14.3. The third-order valence-electron chi connectivity index (χ3n) is 1.94. The fraction of sp³-hybridized carbons (Fsp3) is 0.900. The van der Waals surface area contributed by atoms with Crippen molar-refractivity contribution in [3.8, 4) is 0 Å². The Kier molecular flexibility index (Phi) is 10.9. The Hall–Kier alpha value is -0.650. The van der Waals surface area contributed by atoms with Crippen LogP contribution in [0.3, 0.4) is 0 Å². The number of carbonyl (C=O) groups excluding carboxylic acids is 1. The molecule has 0 radical (unpaired) electrons. The van der Waals surface area contributed by atoms with Crippen LogP contribution in [0.1, 0.15) is 19.3 Å². The van der Waals surface area contributed by atoms with E-state index in [9.17, 15) is 4.79 Å². The Balaban J connectivity index is 3.01. The van der Waals surface area contributed by atoms with Crippen molar-refractivity contribution in [1.82, 2.24) is 10.6 Å². The summed E-state index contributed by atoms with van der Waals surface area (Å²) in [6.45, 7) is 3.57. The van der Waals surface area contributed by atoms with Crippen LogP contribution in [0.4, 0.5) is 0 Å². The molecule has 0 rings (SSSR count). The van der Waals surface area contributed by atoms with Crippen LogP contribution in [0.15, 0.2) is 0 Å². The molecular weight excluding hydrogens is 194 g/mol. The van der Waals surface area contributed by atoms with E-state index in [0.29, 0.717) is 0 Å². The summed E-state index contributed by atoms with van der Waals surface area (Å²) in [6, 6.07) is 0. The van der Waals surface area contributed by atoms with Crippen LogP contribution in [0.25, 0.3) is 0 Å². The van der Waals surface area contributed by atoms with Crippen molar-refractivity contribution in [2.75, 3.05) is 39.9 Å². The second kappa shape index (κ2) is 11.4. The maximum absolute atomic E-state index is 11.0. The second-order valence-corrected chi connectivity index (χ2v) is 3.38. The summed E-state index contributed by atoms with van der Waals surface area (Å²) >= 11 is 0. The number of nitrogens with one attached hydrogen (secondary N) is 2. The first-order valence-corrected chi connectivity index (χ1v) is 5.47. The monoisotopic (exact) mass is 217 g/mol. The second-order valence-electron chi connectivity index (χ2n) is 3.38. The molecule has 5 nitrogen and oxygen atoms in total. The number of hydrogen-bond acceptors (Lipinski definition) is 4. The van der Waals surface area contributed by atoms with E-state index in [4.69, 9.17) is 5.73 Å². The smallest absolute Gasteiger partial charge is 0.245 e. The molecule has 0 aromatic carbocycles. The fourth-order valence-corrected chi connectivity index (χ4v) is 1.14. The van der Waals surface area contributed by atoms with Crippen LogP contribution in [0.5, 0.6) is 0 Å². The van der Waals surface area contributed by atoms with Crippen LogP contribution in [-0.4, -0.2) is 45.8 Å². The van der Waals surface area contributed by atoms with Gasteiger partial charge in [0.25, 0.3) is 0 Å². The zero-order valence-corrected chi connectivity index (χ0v) is 9.55. The van der Waals surface area contributed by atoms with Crippen LogP contribution in [-0.2, 0) is 9.53 Å². The topological polar surface area (TPSA) is 76.4 Å². The molecule has 0 heterocycles. The minimum absolute atomic E-state index is 0.0476. The molecule has 5 heteroatoms. The van der Waals surface area contributed by atoms with Gasteiger partial charge in [-0.2, -0.15) is 0 Å². The predicted octanol–water partition coefficient (Wildman–Crippen LogP) is -0.532. The molecule has 0 aliphatic rings. The lowest BCUT2D eigenvalue weighted by Crippen LogP contribution is -2.28. The van der Waals surface area contributed by atoms with Gasteiger partial charge in [0.15, 0.2) is 0 Å². The van der Waals surface area contributed by atoms with Crippen LogP contribution in [0.2, 0.25) is 0 Å². The maximum Gasteiger partial charge on any atom is 0.245 e. The van der Waals surface area contributed by atoms with E-state index in [0.717, 1.165) is 45.4 Å². The zero-order chi connectivity index (χ0) is 11.4. The number of amides is 1. The summed E-state index contributed by atoms with van der Waals surface area (Å²) in [5, 5.41) is 6.06. The summed E-state index contributed by atoms with van der Waals surface area (Å²) in [5.74, 6) is -0.0476. The molecule has 0 aromatic heterocycles. The molecule has 0 saturated carbocycles. The Morgan fingerprint density at radius 3 is 2.53 bits per heavy atom. The van der Waals surface area contributed by atoms with Crippen molar-refractivity contribution in [2.24, 2.45) is 5.73 Å². The van der Waals surface area contributed by atoms with E-state index in [1.807, 2.05) is 0 Å². The van der Waals surface area contributed by atoms with Crippen molar-refractivity contribution < 1.29 is 9.53 Å². The number of rotatable bonds is 10. The van der Waals surface area contributed by atoms with Gasteiger partial charge >= 0.3 is 0 Å². The first-order valence-electron chi connectivity index (χ1n) is 5.47. The van der Waals surface area contributed by atoms with Crippen LogP contribution >= 0.6 is 0 Å². The highest BCUT2D eigenvalue weighted by Crippen LogP contribution is 1.85. The average Bonchev–Trinajstić information content (AvgIpc) is 2.22. The molecule has 0 unspecified atom stereocenters. The molecule has 15 heavy (non-hydrogen) atoms. The predicted molar refractivity (Wildman–Crippen MR) is 60.7 cm³/mol. The number of methoxy groups -OCH3 is 1. The quantitative estimate of drug-likeness (QED) is 0.430. The highest BCUT2D eigenvalue weighted by molar-refractivity contribution is 5.77. The van der Waals surface area contributed by atoms with E-state index < -0.39 is 0 Å². The number of ether oxygens (including phenoxy) is 1. The Bertz CT molecular complexity index is 154. The molecule has 0 aliphatic heterocycles. The molecule has 0 aliphatic carbocycles. The maximum atomic E-state index is 11.0. The molecule has 0 bridgehead atoms. The summed E-state index contributed by atoms with van der Waals surface area (Å²) in [5.41, 5.74) is 5.35. The highest BCUT2D eigenvalue weighted by Gasteiger charge is 1.97. The normalized spacial score (nSPS) is 10.3. The largest absolute Gasteiger partial charge is 0.375 e. The molecule has 0 spiro atoms. The number of carbonyl (C=O) groups is 1. The Morgan fingerprint density at radius 2 is 1.87 bits per heavy atom. The van der Waals surface area contributed by atoms with E-state index in [-0.39, 0.29) is 12.5 Å². The molecule has 90 valence electrons. The lowest BCUT2D eigenvalue weighted by molar-refractivity contribution is -0.124. The summed E-state index contributed by atoms with van der Waals surface area (Å²) in [7, 11) is 1.51. The molecular formula is C10H23N3O2. The van der Waals surface area contributed by atoms with Gasteiger partial charge in [-0.15, -0.1) is 0 Å². The standard InChI is InChI=1S/C10H23N3O2/c1-15-9-10(14)13-8-3-2-6-12-7-4-5-11/h12H,2-9,11H2,1H3,(H,13,14). The summed E-state index contributed by atoms with van der Waals surface area (Å²) < 4.78 is 4.69. The van der Waals surface area contributed by atoms with Gasteiger partial charge in [0.1, 0.15) is 6.61 Å². The molecule has 4 N–H and O–H groups in total. The summed E-state index contributed by atoms with van der Waals surface area (Å²) in [4.78, 5) is 11.0. The van der Waals surface area contributed by atoms with Crippen molar-refractivity contribution in [1.29, 1.82) is 0 Å².